The fourth-order valence-electron chi connectivity index (χ4n) is 2.59. The van der Waals surface area contributed by atoms with Crippen LogP contribution in [0.2, 0.25) is 0 Å². The molecular weight excluding hydrogens is 241 g/mol. The summed E-state index contributed by atoms with van der Waals surface area (Å²) in [6, 6.07) is 9.22. The fraction of sp³-hybridized carbons (Fsp3) is 0.267. The third-order valence-electron chi connectivity index (χ3n) is 3.71. The van der Waals surface area contributed by atoms with Crippen LogP contribution >= 0.6 is 0 Å². The first kappa shape index (κ1) is 12.1. The van der Waals surface area contributed by atoms with Crippen molar-refractivity contribution in [2.75, 3.05) is 5.73 Å². The molecule has 0 spiro atoms. The molecule has 1 aromatic carbocycles. The van der Waals surface area contributed by atoms with Crippen LogP contribution in [0.5, 0.6) is 0 Å². The predicted octanol–water partition coefficient (Wildman–Crippen LogP) is 2.81. The number of nitrogens with one attached hydrogen (secondary N) is 1. The van der Waals surface area contributed by atoms with Crippen LogP contribution in [0.1, 0.15) is 25.0 Å². The van der Waals surface area contributed by atoms with Crippen molar-refractivity contribution in [2.24, 2.45) is 0 Å². The number of nitrogen functional groups attached to an aromatic ring is 1. The van der Waals surface area contributed by atoms with E-state index < -0.39 is 5.95 Å². The van der Waals surface area contributed by atoms with Gasteiger partial charge in [-0.05, 0) is 48.7 Å². The molecule has 0 saturated carbocycles. The van der Waals surface area contributed by atoms with Gasteiger partial charge in [-0.2, -0.15) is 4.39 Å². The zero-order valence-electron chi connectivity index (χ0n) is 11.0. The molecule has 1 aliphatic heterocycles. The van der Waals surface area contributed by atoms with E-state index in [1.165, 1.54) is 17.2 Å². The van der Waals surface area contributed by atoms with E-state index in [0.29, 0.717) is 0 Å². The minimum atomic E-state index is -0.551. The number of anilines is 1. The number of aromatic nitrogens is 1. The highest BCUT2D eigenvalue weighted by Crippen LogP contribution is 2.35. The lowest BCUT2D eigenvalue weighted by Crippen LogP contribution is -2.28. The second-order valence-electron chi connectivity index (χ2n) is 5.42. The molecule has 0 atom stereocenters. The molecule has 2 heterocycles. The molecule has 0 saturated heterocycles. The van der Waals surface area contributed by atoms with E-state index in [-0.39, 0.29) is 11.4 Å². The van der Waals surface area contributed by atoms with Crippen molar-refractivity contribution in [1.29, 1.82) is 0 Å². The van der Waals surface area contributed by atoms with Crippen LogP contribution in [-0.2, 0) is 12.1 Å². The SMILES string of the molecule is CC1(C)NCc2ccc(-c3ccc(F)nc3N)cc21. The lowest BCUT2D eigenvalue weighted by molar-refractivity contribution is 0.443. The van der Waals surface area contributed by atoms with Crippen molar-refractivity contribution in [3.8, 4) is 11.1 Å². The summed E-state index contributed by atoms with van der Waals surface area (Å²) in [5.74, 6) is -0.326. The van der Waals surface area contributed by atoms with Gasteiger partial charge in [0, 0.05) is 17.6 Å². The Bertz CT molecular complexity index is 650. The van der Waals surface area contributed by atoms with Gasteiger partial charge in [0.25, 0.3) is 0 Å². The predicted molar refractivity (Wildman–Crippen MR) is 73.9 cm³/mol. The lowest BCUT2D eigenvalue weighted by Gasteiger charge is -2.20. The average Bonchev–Trinajstić information content (AvgIpc) is 2.65. The number of pyridine rings is 1. The zero-order chi connectivity index (χ0) is 13.6. The Morgan fingerprint density at radius 1 is 1.26 bits per heavy atom. The first-order chi connectivity index (χ1) is 8.97. The van der Waals surface area contributed by atoms with Crippen molar-refractivity contribution in [2.45, 2.75) is 25.9 Å². The molecule has 4 heteroatoms. The summed E-state index contributed by atoms with van der Waals surface area (Å²) >= 11 is 0. The van der Waals surface area contributed by atoms with E-state index in [0.717, 1.165) is 17.7 Å². The van der Waals surface area contributed by atoms with E-state index >= 15 is 0 Å². The number of nitrogens with zero attached hydrogens (tertiary/aromatic N) is 1. The molecule has 98 valence electrons. The van der Waals surface area contributed by atoms with E-state index in [9.17, 15) is 4.39 Å². The fourth-order valence-corrected chi connectivity index (χ4v) is 2.59. The van der Waals surface area contributed by atoms with E-state index in [1.54, 1.807) is 6.07 Å². The van der Waals surface area contributed by atoms with Crippen LogP contribution < -0.4 is 11.1 Å². The number of fused-ring (bicyclic) bond motifs is 1. The number of hydrogen-bond acceptors (Lipinski definition) is 3. The summed E-state index contributed by atoms with van der Waals surface area (Å²) in [5.41, 5.74) is 10.0. The second-order valence-corrected chi connectivity index (χ2v) is 5.42. The molecule has 19 heavy (non-hydrogen) atoms. The quantitative estimate of drug-likeness (QED) is 0.772. The number of hydrogen-bond donors (Lipinski definition) is 2. The summed E-state index contributed by atoms with van der Waals surface area (Å²) in [5, 5.41) is 3.46. The van der Waals surface area contributed by atoms with Gasteiger partial charge in [-0.25, -0.2) is 4.98 Å². The van der Waals surface area contributed by atoms with Gasteiger partial charge >= 0.3 is 0 Å². The summed E-state index contributed by atoms with van der Waals surface area (Å²) in [4.78, 5) is 3.68. The Balaban J connectivity index is 2.13. The molecule has 3 rings (SSSR count). The molecule has 3 N–H and O–H groups in total. The first-order valence-electron chi connectivity index (χ1n) is 6.28. The van der Waals surface area contributed by atoms with Gasteiger partial charge < -0.3 is 11.1 Å². The maximum atomic E-state index is 13.0. The molecule has 0 unspecified atom stereocenters. The molecular formula is C15H16FN3. The van der Waals surface area contributed by atoms with Crippen LogP contribution in [0, 0.1) is 5.95 Å². The molecule has 0 aliphatic carbocycles. The summed E-state index contributed by atoms with van der Waals surface area (Å²) in [7, 11) is 0. The summed E-state index contributed by atoms with van der Waals surface area (Å²) in [6.45, 7) is 5.17. The van der Waals surface area contributed by atoms with Crippen LogP contribution in [0.4, 0.5) is 10.2 Å². The number of benzene rings is 1. The molecule has 1 aliphatic rings. The zero-order valence-corrected chi connectivity index (χ0v) is 11.0. The number of nitrogens with two attached hydrogens (primary N) is 1. The van der Waals surface area contributed by atoms with Crippen molar-refractivity contribution in [3.63, 3.8) is 0 Å². The summed E-state index contributed by atoms with van der Waals surface area (Å²) < 4.78 is 13.0. The van der Waals surface area contributed by atoms with Crippen LogP contribution in [0.15, 0.2) is 30.3 Å². The first-order valence-corrected chi connectivity index (χ1v) is 6.28. The average molecular weight is 257 g/mol. The minimum absolute atomic E-state index is 0.0481. The molecule has 0 bridgehead atoms. The normalized spacial score (nSPS) is 16.4. The Morgan fingerprint density at radius 3 is 2.79 bits per heavy atom. The third-order valence-corrected chi connectivity index (χ3v) is 3.71. The molecule has 1 aromatic heterocycles. The molecule has 2 aromatic rings. The molecule has 0 fully saturated rings. The number of rotatable bonds is 1. The van der Waals surface area contributed by atoms with Gasteiger partial charge in [0.1, 0.15) is 5.82 Å². The van der Waals surface area contributed by atoms with E-state index in [2.05, 4.69) is 36.3 Å². The maximum absolute atomic E-state index is 13.0. The van der Waals surface area contributed by atoms with Gasteiger partial charge in [-0.1, -0.05) is 12.1 Å². The molecule has 0 radical (unpaired) electrons. The highest BCUT2D eigenvalue weighted by Gasteiger charge is 2.29. The largest absolute Gasteiger partial charge is 0.383 e. The minimum Gasteiger partial charge on any atom is -0.383 e. The van der Waals surface area contributed by atoms with Crippen molar-refractivity contribution >= 4 is 5.82 Å². The van der Waals surface area contributed by atoms with Gasteiger partial charge in [-0.15, -0.1) is 0 Å². The summed E-state index contributed by atoms with van der Waals surface area (Å²) in [6.07, 6.45) is 0. The Labute approximate surface area is 111 Å². The van der Waals surface area contributed by atoms with Gasteiger partial charge in [0.05, 0.1) is 0 Å². The van der Waals surface area contributed by atoms with Crippen molar-refractivity contribution < 1.29 is 4.39 Å². The monoisotopic (exact) mass is 257 g/mol. The van der Waals surface area contributed by atoms with Crippen molar-refractivity contribution in [1.82, 2.24) is 10.3 Å². The van der Waals surface area contributed by atoms with Gasteiger partial charge in [0.2, 0.25) is 5.95 Å². The Kier molecular flexibility index (Phi) is 2.57. The van der Waals surface area contributed by atoms with Crippen LogP contribution in [0.3, 0.4) is 0 Å². The maximum Gasteiger partial charge on any atom is 0.214 e. The molecule has 3 nitrogen and oxygen atoms in total. The topological polar surface area (TPSA) is 50.9 Å². The van der Waals surface area contributed by atoms with Crippen LogP contribution in [0.25, 0.3) is 11.1 Å². The standard InChI is InChI=1S/C15H16FN3/c1-15(2)12-7-9(3-4-10(12)8-18-15)11-5-6-13(16)19-14(11)17/h3-7,18H,8H2,1-2H3,(H2,17,19). The Hall–Kier alpha value is -1.94. The lowest BCUT2D eigenvalue weighted by atomic mass is 9.91. The van der Waals surface area contributed by atoms with Gasteiger partial charge in [0.15, 0.2) is 0 Å². The smallest absolute Gasteiger partial charge is 0.214 e. The highest BCUT2D eigenvalue weighted by atomic mass is 19.1. The van der Waals surface area contributed by atoms with E-state index in [4.69, 9.17) is 5.73 Å². The second kappa shape index (κ2) is 4.03. The third kappa shape index (κ3) is 1.98. The number of halogens is 1. The van der Waals surface area contributed by atoms with E-state index in [1.807, 2.05) is 6.07 Å². The Morgan fingerprint density at radius 2 is 2.05 bits per heavy atom. The van der Waals surface area contributed by atoms with Gasteiger partial charge in [-0.3, -0.25) is 0 Å². The van der Waals surface area contributed by atoms with Crippen LogP contribution in [-0.4, -0.2) is 4.98 Å². The molecule has 0 amide bonds. The highest BCUT2D eigenvalue weighted by molar-refractivity contribution is 5.74. The van der Waals surface area contributed by atoms with Crippen molar-refractivity contribution in [3.05, 3.63) is 47.4 Å².